The Balaban J connectivity index is 1.92. The summed E-state index contributed by atoms with van der Waals surface area (Å²) in [4.78, 5) is 4.42. The largest absolute Gasteiger partial charge is 0.267 e. The maximum Gasteiger partial charge on any atom is 0.267 e. The van der Waals surface area contributed by atoms with Crippen LogP contribution in [0.15, 0.2) is 53.7 Å². The van der Waals surface area contributed by atoms with Crippen LogP contribution < -0.4 is 4.31 Å². The molecule has 22 heavy (non-hydrogen) atoms. The molecule has 0 atom stereocenters. The molecule has 2 heterocycles. The Morgan fingerprint density at radius 1 is 1.00 bits per heavy atom. The van der Waals surface area contributed by atoms with Crippen molar-refractivity contribution in [2.45, 2.75) is 17.9 Å². The van der Waals surface area contributed by atoms with E-state index in [0.29, 0.717) is 23.9 Å². The Morgan fingerprint density at radius 2 is 1.82 bits per heavy atom. The molecule has 0 saturated heterocycles. The molecule has 0 unspecified atom stereocenters. The zero-order valence-electron chi connectivity index (χ0n) is 11.8. The molecule has 0 aliphatic carbocycles. The second kappa shape index (κ2) is 4.81. The Labute approximate surface area is 128 Å². The summed E-state index contributed by atoms with van der Waals surface area (Å²) in [6, 6.07) is 12.8. The third-order valence-corrected chi connectivity index (χ3v) is 5.70. The topological polar surface area (TPSA) is 68.1 Å². The van der Waals surface area contributed by atoms with Gasteiger partial charge in [-0.1, -0.05) is 36.4 Å². The first kappa shape index (κ1) is 13.3. The number of aryl methyl sites for hydroxylation is 1. The maximum absolute atomic E-state index is 13.1. The fourth-order valence-electron chi connectivity index (χ4n) is 2.84. The van der Waals surface area contributed by atoms with E-state index in [-0.39, 0.29) is 0 Å². The third-order valence-electron chi connectivity index (χ3n) is 3.87. The molecule has 0 fully saturated rings. The Bertz CT molecular complexity index is 944. The van der Waals surface area contributed by atoms with Crippen LogP contribution in [0.1, 0.15) is 6.42 Å². The molecule has 0 spiro atoms. The van der Waals surface area contributed by atoms with Crippen molar-refractivity contribution in [1.82, 2.24) is 14.8 Å². The number of anilines is 1. The Morgan fingerprint density at radius 3 is 2.73 bits per heavy atom. The number of rotatable bonds is 2. The van der Waals surface area contributed by atoms with Crippen LogP contribution in [0.3, 0.4) is 0 Å². The van der Waals surface area contributed by atoms with Crippen LogP contribution in [0.25, 0.3) is 10.8 Å². The molecule has 1 aromatic heterocycles. The van der Waals surface area contributed by atoms with Crippen molar-refractivity contribution in [1.29, 1.82) is 0 Å². The van der Waals surface area contributed by atoms with Gasteiger partial charge in [0.05, 0.1) is 4.90 Å². The summed E-state index contributed by atoms with van der Waals surface area (Å²) in [6.45, 7) is 1.11. The van der Waals surface area contributed by atoms with E-state index in [4.69, 9.17) is 0 Å². The summed E-state index contributed by atoms with van der Waals surface area (Å²) < 4.78 is 29.2. The first-order valence-electron chi connectivity index (χ1n) is 7.06. The van der Waals surface area contributed by atoms with Gasteiger partial charge in [-0.3, -0.25) is 0 Å². The molecule has 0 bridgehead atoms. The van der Waals surface area contributed by atoms with E-state index < -0.39 is 10.0 Å². The molecule has 0 radical (unpaired) electrons. The molecule has 0 amide bonds. The van der Waals surface area contributed by atoms with Crippen LogP contribution in [0.5, 0.6) is 0 Å². The monoisotopic (exact) mass is 314 g/mol. The van der Waals surface area contributed by atoms with Crippen molar-refractivity contribution >= 4 is 26.7 Å². The van der Waals surface area contributed by atoms with E-state index in [1.54, 1.807) is 16.8 Å². The van der Waals surface area contributed by atoms with Crippen LogP contribution >= 0.6 is 0 Å². The summed E-state index contributed by atoms with van der Waals surface area (Å²) in [7, 11) is -3.66. The van der Waals surface area contributed by atoms with Crippen LogP contribution in [-0.2, 0) is 16.6 Å². The van der Waals surface area contributed by atoms with Gasteiger partial charge in [0, 0.05) is 18.5 Å². The lowest BCUT2D eigenvalue weighted by Crippen LogP contribution is -2.38. The highest BCUT2D eigenvalue weighted by Crippen LogP contribution is 2.29. The van der Waals surface area contributed by atoms with E-state index in [1.165, 1.54) is 10.6 Å². The lowest BCUT2D eigenvalue weighted by Gasteiger charge is -2.27. The molecule has 7 heteroatoms. The van der Waals surface area contributed by atoms with Gasteiger partial charge in [0.2, 0.25) is 5.95 Å². The average molecular weight is 314 g/mol. The number of sulfonamides is 1. The van der Waals surface area contributed by atoms with Crippen LogP contribution in [-0.4, -0.2) is 29.7 Å². The molecule has 1 aliphatic heterocycles. The predicted octanol–water partition coefficient (Wildman–Crippen LogP) is 2.03. The first-order valence-corrected chi connectivity index (χ1v) is 8.50. The number of hydrogen-bond acceptors (Lipinski definition) is 4. The average Bonchev–Trinajstić information content (AvgIpc) is 3.02. The van der Waals surface area contributed by atoms with Crippen molar-refractivity contribution in [3.63, 3.8) is 0 Å². The summed E-state index contributed by atoms with van der Waals surface area (Å²) in [6.07, 6.45) is 2.12. The molecular weight excluding hydrogens is 300 g/mol. The molecular formula is C15H14N4O2S. The summed E-state index contributed by atoms with van der Waals surface area (Å²) >= 11 is 0. The van der Waals surface area contributed by atoms with Crippen molar-refractivity contribution in [2.24, 2.45) is 0 Å². The van der Waals surface area contributed by atoms with Gasteiger partial charge in [0.1, 0.15) is 6.33 Å². The maximum atomic E-state index is 13.1. The molecule has 112 valence electrons. The van der Waals surface area contributed by atoms with Crippen molar-refractivity contribution < 1.29 is 8.42 Å². The molecule has 4 rings (SSSR count). The number of nitrogens with zero attached hydrogens (tertiary/aromatic N) is 4. The predicted molar refractivity (Wildman–Crippen MR) is 83.1 cm³/mol. The highest BCUT2D eigenvalue weighted by Gasteiger charge is 2.31. The zero-order chi connectivity index (χ0) is 15.2. The van der Waals surface area contributed by atoms with E-state index in [9.17, 15) is 8.42 Å². The molecule has 0 N–H and O–H groups in total. The molecule has 1 aliphatic rings. The molecule has 0 saturated carbocycles. The lowest BCUT2D eigenvalue weighted by atomic mass is 10.1. The van der Waals surface area contributed by atoms with Gasteiger partial charge in [-0.15, -0.1) is 0 Å². The minimum atomic E-state index is -3.66. The highest BCUT2D eigenvalue weighted by molar-refractivity contribution is 7.93. The van der Waals surface area contributed by atoms with Gasteiger partial charge in [0.25, 0.3) is 10.0 Å². The zero-order valence-corrected chi connectivity index (χ0v) is 12.6. The van der Waals surface area contributed by atoms with E-state index >= 15 is 0 Å². The van der Waals surface area contributed by atoms with Crippen molar-refractivity contribution in [2.75, 3.05) is 10.8 Å². The number of aromatic nitrogens is 3. The second-order valence-electron chi connectivity index (χ2n) is 5.19. The minimum Gasteiger partial charge on any atom is -0.234 e. The standard InChI is InChI=1S/C15H14N4O2S/c20-22(21,19-10-4-9-18-15(19)16-11-17-18)14-8-3-6-12-5-1-2-7-13(12)14/h1-3,5-8,11H,4,9-10H2. The normalized spacial score (nSPS) is 15.0. The molecule has 6 nitrogen and oxygen atoms in total. The summed E-state index contributed by atoms with van der Waals surface area (Å²) in [5.74, 6) is 0.388. The quantitative estimate of drug-likeness (QED) is 0.726. The smallest absolute Gasteiger partial charge is 0.234 e. The van der Waals surface area contributed by atoms with Gasteiger partial charge in [-0.25, -0.2) is 17.4 Å². The van der Waals surface area contributed by atoms with Crippen molar-refractivity contribution in [3.05, 3.63) is 48.8 Å². The number of hydrogen-bond donors (Lipinski definition) is 0. The number of fused-ring (bicyclic) bond motifs is 2. The molecule has 3 aromatic rings. The summed E-state index contributed by atoms with van der Waals surface area (Å²) in [5.41, 5.74) is 0. The Kier molecular flexibility index (Phi) is 2.90. The van der Waals surface area contributed by atoms with Gasteiger partial charge in [-0.2, -0.15) is 10.1 Å². The summed E-state index contributed by atoms with van der Waals surface area (Å²) in [5, 5.41) is 5.70. The fraction of sp³-hybridized carbons (Fsp3) is 0.200. The van der Waals surface area contributed by atoms with E-state index in [1.807, 2.05) is 30.3 Å². The van der Waals surface area contributed by atoms with Crippen LogP contribution in [0, 0.1) is 0 Å². The fourth-order valence-corrected chi connectivity index (χ4v) is 4.52. The van der Waals surface area contributed by atoms with Crippen LogP contribution in [0.4, 0.5) is 5.95 Å². The van der Waals surface area contributed by atoms with Gasteiger partial charge >= 0.3 is 0 Å². The second-order valence-corrected chi connectivity index (χ2v) is 7.02. The van der Waals surface area contributed by atoms with E-state index in [2.05, 4.69) is 10.1 Å². The van der Waals surface area contributed by atoms with Gasteiger partial charge < -0.3 is 0 Å². The third kappa shape index (κ3) is 1.89. The van der Waals surface area contributed by atoms with Gasteiger partial charge in [-0.05, 0) is 17.9 Å². The Hall–Kier alpha value is -2.41. The van der Waals surface area contributed by atoms with Crippen LogP contribution in [0.2, 0.25) is 0 Å². The highest BCUT2D eigenvalue weighted by atomic mass is 32.2. The minimum absolute atomic E-state index is 0.307. The van der Waals surface area contributed by atoms with E-state index in [0.717, 1.165) is 17.2 Å². The molecule has 2 aromatic carbocycles. The SMILES string of the molecule is O=S(=O)(c1cccc2ccccc12)N1CCCn2ncnc21. The first-order chi connectivity index (χ1) is 10.7. The van der Waals surface area contributed by atoms with Crippen molar-refractivity contribution in [3.8, 4) is 0 Å². The lowest BCUT2D eigenvalue weighted by molar-refractivity contribution is 0.530. The number of benzene rings is 2. The van der Waals surface area contributed by atoms with Gasteiger partial charge in [0.15, 0.2) is 0 Å².